The van der Waals surface area contributed by atoms with Gasteiger partial charge in [-0.05, 0) is 57.4 Å². The molecule has 2 rings (SSSR count). The Morgan fingerprint density at radius 2 is 2.04 bits per heavy atom. The van der Waals surface area contributed by atoms with Gasteiger partial charge in [-0.1, -0.05) is 13.0 Å². The van der Waals surface area contributed by atoms with Crippen LogP contribution in [0, 0.1) is 19.8 Å². The molecule has 0 bridgehead atoms. The molecule has 2 aromatic rings. The van der Waals surface area contributed by atoms with Crippen molar-refractivity contribution in [2.45, 2.75) is 40.2 Å². The lowest BCUT2D eigenvalue weighted by molar-refractivity contribution is 0.163. The lowest BCUT2D eigenvalue weighted by Gasteiger charge is -2.15. The van der Waals surface area contributed by atoms with Crippen molar-refractivity contribution >= 4 is 11.7 Å². The fraction of sp³-hybridized carbons (Fsp3) is 0.444. The van der Waals surface area contributed by atoms with Gasteiger partial charge in [0.05, 0.1) is 17.5 Å². The van der Waals surface area contributed by atoms with Crippen LogP contribution in [0.4, 0.5) is 10.5 Å². The van der Waals surface area contributed by atoms with Gasteiger partial charge in [0.15, 0.2) is 0 Å². The van der Waals surface area contributed by atoms with Gasteiger partial charge >= 0.3 is 6.03 Å². The van der Waals surface area contributed by atoms with Crippen LogP contribution in [0.15, 0.2) is 30.3 Å². The van der Waals surface area contributed by atoms with Crippen molar-refractivity contribution in [3.8, 4) is 5.69 Å². The fourth-order valence-corrected chi connectivity index (χ4v) is 2.71. The van der Waals surface area contributed by atoms with Gasteiger partial charge in [-0.25, -0.2) is 9.48 Å². The maximum atomic E-state index is 12.0. The first-order chi connectivity index (χ1) is 11.3. The maximum absolute atomic E-state index is 12.0. The Morgan fingerprint density at radius 1 is 1.29 bits per heavy atom. The smallest absolute Gasteiger partial charge is 0.319 e. The fourth-order valence-electron chi connectivity index (χ4n) is 2.71. The van der Waals surface area contributed by atoms with E-state index in [9.17, 15) is 9.90 Å². The second kappa shape index (κ2) is 7.97. The maximum Gasteiger partial charge on any atom is 0.319 e. The molecule has 6 nitrogen and oxygen atoms in total. The first-order valence-electron chi connectivity index (χ1n) is 8.21. The molecule has 0 saturated heterocycles. The molecular formula is C18H26N4O2. The number of aliphatic hydroxyl groups is 1. The number of aliphatic hydroxyl groups excluding tert-OH is 1. The third-order valence-electron chi connectivity index (χ3n) is 3.71. The monoisotopic (exact) mass is 330 g/mol. The van der Waals surface area contributed by atoms with Crippen LogP contribution in [0.2, 0.25) is 0 Å². The number of rotatable bonds is 6. The highest BCUT2D eigenvalue weighted by Gasteiger charge is 2.09. The molecule has 0 fully saturated rings. The molecule has 1 aromatic heterocycles. The summed E-state index contributed by atoms with van der Waals surface area (Å²) in [5.41, 5.74) is 3.61. The average Bonchev–Trinajstić information content (AvgIpc) is 2.83. The molecule has 130 valence electrons. The predicted molar refractivity (Wildman–Crippen MR) is 95.5 cm³/mol. The van der Waals surface area contributed by atoms with E-state index in [1.54, 1.807) is 6.92 Å². The Balaban J connectivity index is 1.97. The molecule has 24 heavy (non-hydrogen) atoms. The minimum Gasteiger partial charge on any atom is -0.393 e. The molecule has 2 unspecified atom stereocenters. The third kappa shape index (κ3) is 5.09. The lowest BCUT2D eigenvalue weighted by atomic mass is 10.1. The van der Waals surface area contributed by atoms with Crippen molar-refractivity contribution in [3.05, 3.63) is 41.7 Å². The molecule has 0 saturated carbocycles. The predicted octanol–water partition coefficient (Wildman–Crippen LogP) is 3.02. The number of carbonyl (C=O) groups is 1. The number of aryl methyl sites for hydroxylation is 2. The van der Waals surface area contributed by atoms with Gasteiger partial charge in [0, 0.05) is 17.9 Å². The van der Waals surface area contributed by atoms with E-state index in [-0.39, 0.29) is 18.1 Å². The highest BCUT2D eigenvalue weighted by molar-refractivity contribution is 5.89. The molecule has 6 heteroatoms. The average molecular weight is 330 g/mol. The van der Waals surface area contributed by atoms with Crippen LogP contribution < -0.4 is 10.6 Å². The van der Waals surface area contributed by atoms with Crippen molar-refractivity contribution in [2.75, 3.05) is 11.9 Å². The number of hydrogen-bond donors (Lipinski definition) is 3. The van der Waals surface area contributed by atoms with Crippen LogP contribution in [0.3, 0.4) is 0 Å². The van der Waals surface area contributed by atoms with E-state index < -0.39 is 0 Å². The lowest BCUT2D eigenvalue weighted by Crippen LogP contribution is -2.33. The van der Waals surface area contributed by atoms with Crippen LogP contribution >= 0.6 is 0 Å². The first kappa shape index (κ1) is 18.0. The molecule has 0 radical (unpaired) electrons. The van der Waals surface area contributed by atoms with Crippen molar-refractivity contribution in [3.63, 3.8) is 0 Å². The number of benzene rings is 1. The van der Waals surface area contributed by atoms with Gasteiger partial charge in [0.2, 0.25) is 0 Å². The van der Waals surface area contributed by atoms with E-state index in [2.05, 4.69) is 15.7 Å². The first-order valence-corrected chi connectivity index (χ1v) is 8.21. The zero-order valence-electron chi connectivity index (χ0n) is 14.7. The Hall–Kier alpha value is -2.34. The van der Waals surface area contributed by atoms with E-state index in [1.807, 2.05) is 55.8 Å². The largest absolute Gasteiger partial charge is 0.393 e. The Bertz CT molecular complexity index is 694. The minimum atomic E-state index is -0.359. The molecular weight excluding hydrogens is 304 g/mol. The van der Waals surface area contributed by atoms with Gasteiger partial charge in [-0.2, -0.15) is 5.10 Å². The number of aromatic nitrogens is 2. The summed E-state index contributed by atoms with van der Waals surface area (Å²) in [5.74, 6) is 0.219. The van der Waals surface area contributed by atoms with Crippen LogP contribution in [0.1, 0.15) is 31.7 Å². The highest BCUT2D eigenvalue weighted by atomic mass is 16.3. The summed E-state index contributed by atoms with van der Waals surface area (Å²) in [6.07, 6.45) is 0.301. The van der Waals surface area contributed by atoms with E-state index in [0.717, 1.165) is 17.1 Å². The highest BCUT2D eigenvalue weighted by Crippen LogP contribution is 2.16. The molecule has 2 atom stereocenters. The van der Waals surface area contributed by atoms with E-state index in [4.69, 9.17) is 0 Å². The Kier molecular flexibility index (Phi) is 5.98. The third-order valence-corrected chi connectivity index (χ3v) is 3.71. The summed E-state index contributed by atoms with van der Waals surface area (Å²) in [6.45, 7) is 8.22. The second-order valence-electron chi connectivity index (χ2n) is 6.41. The molecule has 1 aromatic carbocycles. The summed E-state index contributed by atoms with van der Waals surface area (Å²) in [4.78, 5) is 12.0. The Labute approximate surface area is 142 Å². The van der Waals surface area contributed by atoms with Crippen molar-refractivity contribution in [1.29, 1.82) is 0 Å². The summed E-state index contributed by atoms with van der Waals surface area (Å²) >= 11 is 0. The van der Waals surface area contributed by atoms with Crippen molar-refractivity contribution in [1.82, 2.24) is 15.1 Å². The number of amides is 2. The SMILES string of the molecule is Cc1cc(C)n(-c2cccc(NC(=O)NCC(C)CC(C)O)c2)n1. The zero-order chi connectivity index (χ0) is 17.7. The van der Waals surface area contributed by atoms with Gasteiger partial charge < -0.3 is 15.7 Å². The van der Waals surface area contributed by atoms with Gasteiger partial charge in [0.25, 0.3) is 0 Å². The molecule has 3 N–H and O–H groups in total. The molecule has 0 aliphatic carbocycles. The summed E-state index contributed by atoms with van der Waals surface area (Å²) in [6, 6.07) is 9.32. The zero-order valence-corrected chi connectivity index (χ0v) is 14.7. The number of anilines is 1. The summed E-state index contributed by atoms with van der Waals surface area (Å²) in [5, 5.41) is 19.5. The molecule has 2 amide bonds. The number of nitrogens with zero attached hydrogens (tertiary/aromatic N) is 2. The van der Waals surface area contributed by atoms with Crippen LogP contribution in [-0.4, -0.2) is 33.6 Å². The molecule has 1 heterocycles. The normalized spacial score (nSPS) is 13.4. The van der Waals surface area contributed by atoms with Crippen molar-refractivity contribution in [2.24, 2.45) is 5.92 Å². The van der Waals surface area contributed by atoms with Crippen LogP contribution in [-0.2, 0) is 0 Å². The second-order valence-corrected chi connectivity index (χ2v) is 6.41. The number of nitrogens with one attached hydrogen (secondary N) is 2. The van der Waals surface area contributed by atoms with Gasteiger partial charge in [-0.15, -0.1) is 0 Å². The molecule has 0 aliphatic heterocycles. The van der Waals surface area contributed by atoms with Gasteiger partial charge in [-0.3, -0.25) is 0 Å². The van der Waals surface area contributed by atoms with E-state index in [1.165, 1.54) is 0 Å². The van der Waals surface area contributed by atoms with E-state index >= 15 is 0 Å². The summed E-state index contributed by atoms with van der Waals surface area (Å²) < 4.78 is 1.85. The van der Waals surface area contributed by atoms with Crippen LogP contribution in [0.5, 0.6) is 0 Å². The topological polar surface area (TPSA) is 79.2 Å². The van der Waals surface area contributed by atoms with Crippen LogP contribution in [0.25, 0.3) is 5.69 Å². The quantitative estimate of drug-likeness (QED) is 0.762. The summed E-state index contributed by atoms with van der Waals surface area (Å²) in [7, 11) is 0. The number of urea groups is 1. The number of hydrogen-bond acceptors (Lipinski definition) is 3. The molecule has 0 aliphatic rings. The van der Waals surface area contributed by atoms with Crippen molar-refractivity contribution < 1.29 is 9.90 Å². The standard InChI is InChI=1S/C18H26N4O2/c1-12(8-15(4)23)11-19-18(24)20-16-6-5-7-17(10-16)22-14(3)9-13(2)21-22/h5-7,9-10,12,15,23H,8,11H2,1-4H3,(H2,19,20,24). The molecule has 0 spiro atoms. The number of carbonyl (C=O) groups excluding carboxylic acids is 1. The Morgan fingerprint density at radius 3 is 2.67 bits per heavy atom. The minimum absolute atomic E-state index is 0.219. The van der Waals surface area contributed by atoms with E-state index in [0.29, 0.717) is 18.7 Å². The van der Waals surface area contributed by atoms with Gasteiger partial charge in [0.1, 0.15) is 0 Å².